The molecule has 1 aromatic heterocycles. The second-order valence-electron chi connectivity index (χ2n) is 9.28. The number of ether oxygens (including phenoxy) is 1. The molecular formula is C34H24N4O. The van der Waals surface area contributed by atoms with E-state index in [1.807, 2.05) is 78.9 Å². The number of aromatic nitrogens is 3. The van der Waals surface area contributed by atoms with Crippen molar-refractivity contribution in [3.8, 4) is 34.3 Å². The first-order valence-corrected chi connectivity index (χ1v) is 13.0. The Morgan fingerprint density at radius 1 is 0.564 bits per heavy atom. The fourth-order valence-corrected chi connectivity index (χ4v) is 4.82. The molecule has 0 radical (unpaired) electrons. The minimum absolute atomic E-state index is 0.635. The van der Waals surface area contributed by atoms with E-state index in [-0.39, 0.29) is 0 Å². The van der Waals surface area contributed by atoms with Crippen LogP contribution < -0.4 is 9.64 Å². The largest absolute Gasteiger partial charge is 0.453 e. The van der Waals surface area contributed by atoms with Crippen molar-refractivity contribution in [2.45, 2.75) is 6.42 Å². The fourth-order valence-electron chi connectivity index (χ4n) is 4.82. The van der Waals surface area contributed by atoms with Crippen LogP contribution >= 0.6 is 0 Å². The molecule has 0 atom stereocenters. The van der Waals surface area contributed by atoms with Gasteiger partial charge in [-0.3, -0.25) is 0 Å². The lowest BCUT2D eigenvalue weighted by molar-refractivity contribution is 0.477. The van der Waals surface area contributed by atoms with Crippen LogP contribution in [0.25, 0.3) is 28.3 Å². The lowest BCUT2D eigenvalue weighted by Crippen LogP contribution is -2.15. The zero-order chi connectivity index (χ0) is 26.0. The zero-order valence-electron chi connectivity index (χ0n) is 21.1. The van der Waals surface area contributed by atoms with Gasteiger partial charge in [-0.1, -0.05) is 85.0 Å². The van der Waals surface area contributed by atoms with Crippen LogP contribution in [0.3, 0.4) is 0 Å². The summed E-state index contributed by atoms with van der Waals surface area (Å²) in [5.74, 6) is 3.60. The van der Waals surface area contributed by atoms with Crippen molar-refractivity contribution in [2.24, 2.45) is 0 Å². The summed E-state index contributed by atoms with van der Waals surface area (Å²) in [5, 5.41) is 0. The van der Waals surface area contributed by atoms with Crippen LogP contribution in [0, 0.1) is 0 Å². The molecule has 4 aromatic carbocycles. The Morgan fingerprint density at radius 2 is 1.15 bits per heavy atom. The minimum Gasteiger partial charge on any atom is -0.453 e. The molecule has 39 heavy (non-hydrogen) atoms. The van der Waals surface area contributed by atoms with Crippen LogP contribution in [0.2, 0.25) is 0 Å². The SMILES string of the molecule is C1=CCC=CC(c2nc(-c3ccccc3)nc(-c3ccc(N4c5ccccc5Oc5ccccc54)cc3)n2)=C1. The Labute approximate surface area is 227 Å². The molecule has 5 heteroatoms. The van der Waals surface area contributed by atoms with Gasteiger partial charge in [0.2, 0.25) is 0 Å². The highest BCUT2D eigenvalue weighted by atomic mass is 16.5. The Hall–Kier alpha value is -5.29. The summed E-state index contributed by atoms with van der Waals surface area (Å²) in [4.78, 5) is 16.8. The molecule has 0 fully saturated rings. The van der Waals surface area contributed by atoms with Crippen molar-refractivity contribution in [3.63, 3.8) is 0 Å². The highest BCUT2D eigenvalue weighted by molar-refractivity contribution is 5.86. The third-order valence-corrected chi connectivity index (χ3v) is 6.72. The first-order valence-electron chi connectivity index (χ1n) is 13.0. The predicted octanol–water partition coefficient (Wildman–Crippen LogP) is 8.68. The Kier molecular flexibility index (Phi) is 5.79. The number of hydrogen-bond donors (Lipinski definition) is 0. The number of anilines is 3. The Morgan fingerprint density at radius 3 is 1.85 bits per heavy atom. The highest BCUT2D eigenvalue weighted by Gasteiger charge is 2.25. The summed E-state index contributed by atoms with van der Waals surface area (Å²) >= 11 is 0. The van der Waals surface area contributed by atoms with Crippen LogP contribution in [0.1, 0.15) is 12.2 Å². The van der Waals surface area contributed by atoms with Crippen molar-refractivity contribution < 1.29 is 4.74 Å². The van der Waals surface area contributed by atoms with Gasteiger partial charge in [-0.15, -0.1) is 0 Å². The average molecular weight is 505 g/mol. The average Bonchev–Trinajstić information content (AvgIpc) is 3.30. The van der Waals surface area contributed by atoms with Crippen LogP contribution in [0.4, 0.5) is 17.1 Å². The topological polar surface area (TPSA) is 51.1 Å². The summed E-state index contributed by atoms with van der Waals surface area (Å²) in [6, 6.07) is 34.6. The number of fused-ring (bicyclic) bond motifs is 2. The number of rotatable bonds is 4. The molecule has 186 valence electrons. The van der Waals surface area contributed by atoms with Crippen molar-refractivity contribution in [1.29, 1.82) is 0 Å². The predicted molar refractivity (Wildman–Crippen MR) is 156 cm³/mol. The molecule has 7 rings (SSSR count). The van der Waals surface area contributed by atoms with E-state index in [0.717, 1.165) is 51.7 Å². The molecule has 0 unspecified atom stereocenters. The van der Waals surface area contributed by atoms with Gasteiger partial charge >= 0.3 is 0 Å². The van der Waals surface area contributed by atoms with E-state index in [4.69, 9.17) is 19.7 Å². The minimum atomic E-state index is 0.635. The van der Waals surface area contributed by atoms with Crippen LogP contribution in [-0.4, -0.2) is 15.0 Å². The smallest absolute Gasteiger partial charge is 0.164 e. The van der Waals surface area contributed by atoms with Crippen LogP contribution in [0.15, 0.2) is 134 Å². The molecular weight excluding hydrogens is 480 g/mol. The number of benzene rings is 4. The van der Waals surface area contributed by atoms with Crippen molar-refractivity contribution in [3.05, 3.63) is 139 Å². The van der Waals surface area contributed by atoms with Crippen molar-refractivity contribution in [1.82, 2.24) is 15.0 Å². The van der Waals surface area contributed by atoms with Gasteiger partial charge in [-0.2, -0.15) is 0 Å². The molecule has 0 saturated heterocycles. The molecule has 2 aliphatic rings. The van der Waals surface area contributed by atoms with E-state index in [2.05, 4.69) is 59.5 Å². The second kappa shape index (κ2) is 9.88. The third kappa shape index (κ3) is 4.40. The molecule has 1 aliphatic heterocycles. The van der Waals surface area contributed by atoms with E-state index in [0.29, 0.717) is 17.5 Å². The van der Waals surface area contributed by atoms with Crippen LogP contribution in [-0.2, 0) is 0 Å². The molecule has 5 aromatic rings. The summed E-state index contributed by atoms with van der Waals surface area (Å²) in [6.07, 6.45) is 11.3. The maximum absolute atomic E-state index is 6.17. The molecule has 1 aliphatic carbocycles. The van der Waals surface area contributed by atoms with Gasteiger partial charge in [0.05, 0.1) is 11.4 Å². The third-order valence-electron chi connectivity index (χ3n) is 6.72. The summed E-state index contributed by atoms with van der Waals surface area (Å²) in [7, 11) is 0. The van der Waals surface area contributed by atoms with Gasteiger partial charge < -0.3 is 9.64 Å². The van der Waals surface area contributed by atoms with E-state index < -0.39 is 0 Å². The molecule has 0 amide bonds. The molecule has 5 nitrogen and oxygen atoms in total. The number of hydrogen-bond acceptors (Lipinski definition) is 5. The summed E-state index contributed by atoms with van der Waals surface area (Å²) < 4.78 is 6.17. The van der Waals surface area contributed by atoms with E-state index in [1.54, 1.807) is 0 Å². The quantitative estimate of drug-likeness (QED) is 0.240. The maximum Gasteiger partial charge on any atom is 0.164 e. The monoisotopic (exact) mass is 504 g/mol. The molecule has 0 N–H and O–H groups in total. The number of para-hydroxylation sites is 4. The number of allylic oxidation sites excluding steroid dienone is 6. The van der Waals surface area contributed by atoms with E-state index >= 15 is 0 Å². The van der Waals surface area contributed by atoms with Crippen LogP contribution in [0.5, 0.6) is 11.5 Å². The molecule has 2 heterocycles. The van der Waals surface area contributed by atoms with Crippen molar-refractivity contribution >= 4 is 22.6 Å². The molecule has 0 bridgehead atoms. The van der Waals surface area contributed by atoms with Gasteiger partial charge in [-0.05, 0) is 55.0 Å². The van der Waals surface area contributed by atoms with E-state index in [1.165, 1.54) is 0 Å². The van der Waals surface area contributed by atoms with Gasteiger partial charge in [0.15, 0.2) is 29.0 Å². The van der Waals surface area contributed by atoms with Gasteiger partial charge in [0, 0.05) is 22.4 Å². The first-order chi connectivity index (χ1) is 19.3. The highest BCUT2D eigenvalue weighted by Crippen LogP contribution is 2.50. The summed E-state index contributed by atoms with van der Waals surface area (Å²) in [5.41, 5.74) is 5.86. The number of nitrogens with zero attached hydrogens (tertiary/aromatic N) is 4. The molecule has 0 spiro atoms. The normalized spacial score (nSPS) is 13.6. The Bertz CT molecular complexity index is 1710. The fraction of sp³-hybridized carbons (Fsp3) is 0.0294. The first kappa shape index (κ1) is 22.9. The van der Waals surface area contributed by atoms with Gasteiger partial charge in [0.25, 0.3) is 0 Å². The molecule has 0 saturated carbocycles. The summed E-state index contributed by atoms with van der Waals surface area (Å²) in [6.45, 7) is 0. The zero-order valence-corrected chi connectivity index (χ0v) is 21.1. The van der Waals surface area contributed by atoms with Gasteiger partial charge in [-0.25, -0.2) is 15.0 Å². The van der Waals surface area contributed by atoms with Gasteiger partial charge in [0.1, 0.15) is 0 Å². The lowest BCUT2D eigenvalue weighted by Gasteiger charge is -2.32. The maximum atomic E-state index is 6.17. The van der Waals surface area contributed by atoms with Crippen molar-refractivity contribution in [2.75, 3.05) is 4.90 Å². The second-order valence-corrected chi connectivity index (χ2v) is 9.28. The Balaban J connectivity index is 1.32. The standard InChI is InChI=1S/C34H24N4O/c1-2-5-13-24(12-4-1)32-35-33(25-14-6-3-7-15-25)37-34(36-32)26-20-22-27(23-21-26)38-28-16-8-10-18-30(28)39-31-19-11-9-17-29(31)38/h1,3-23H,2H2. The lowest BCUT2D eigenvalue weighted by atomic mass is 10.1. The van der Waals surface area contributed by atoms with E-state index in [9.17, 15) is 0 Å².